The highest BCUT2D eigenvalue weighted by Gasteiger charge is 2.43. The molecule has 0 unspecified atom stereocenters. The third kappa shape index (κ3) is 1.11. The number of oxime groups is 1. The highest BCUT2D eigenvalue weighted by molar-refractivity contribution is 5.91. The second-order valence-electron chi connectivity index (χ2n) is 3.20. The molecule has 0 aromatic heterocycles. The summed E-state index contributed by atoms with van der Waals surface area (Å²) in [6.45, 7) is 1.22. The Kier molecular flexibility index (Phi) is 2.02. The number of ether oxygens (including phenoxy) is 2. The SMILES string of the molecule is ON=C1CCCCC12OCCO2. The molecule has 2 fully saturated rings. The highest BCUT2D eigenvalue weighted by Crippen LogP contribution is 2.33. The maximum absolute atomic E-state index is 8.74. The second kappa shape index (κ2) is 3.03. The van der Waals surface area contributed by atoms with Crippen molar-refractivity contribution in [3.8, 4) is 0 Å². The number of hydrogen-bond acceptors (Lipinski definition) is 4. The first-order valence-electron chi connectivity index (χ1n) is 4.37. The summed E-state index contributed by atoms with van der Waals surface area (Å²) in [5.41, 5.74) is 0.659. The van der Waals surface area contributed by atoms with Gasteiger partial charge in [-0.05, 0) is 19.3 Å². The lowest BCUT2D eigenvalue weighted by atomic mass is 9.92. The molecule has 0 bridgehead atoms. The van der Waals surface area contributed by atoms with Gasteiger partial charge in [0.15, 0.2) is 0 Å². The Morgan fingerprint density at radius 3 is 2.67 bits per heavy atom. The minimum Gasteiger partial charge on any atom is -0.411 e. The van der Waals surface area contributed by atoms with Crippen molar-refractivity contribution >= 4 is 5.71 Å². The molecule has 0 radical (unpaired) electrons. The molecule has 1 saturated heterocycles. The Balaban J connectivity index is 2.19. The first kappa shape index (κ1) is 8.01. The van der Waals surface area contributed by atoms with Gasteiger partial charge in [-0.3, -0.25) is 0 Å². The van der Waals surface area contributed by atoms with Gasteiger partial charge in [0.1, 0.15) is 5.71 Å². The van der Waals surface area contributed by atoms with Gasteiger partial charge in [0.05, 0.1) is 13.2 Å². The van der Waals surface area contributed by atoms with Crippen LogP contribution >= 0.6 is 0 Å². The maximum Gasteiger partial charge on any atom is 0.211 e. The summed E-state index contributed by atoms with van der Waals surface area (Å²) in [4.78, 5) is 0. The predicted molar refractivity (Wildman–Crippen MR) is 42.3 cm³/mol. The van der Waals surface area contributed by atoms with Crippen LogP contribution in [-0.2, 0) is 9.47 Å². The van der Waals surface area contributed by atoms with Crippen LogP contribution in [0.25, 0.3) is 0 Å². The van der Waals surface area contributed by atoms with Crippen molar-refractivity contribution in [1.82, 2.24) is 0 Å². The van der Waals surface area contributed by atoms with Crippen LogP contribution in [0, 0.1) is 0 Å². The molecule has 1 aliphatic carbocycles. The minimum atomic E-state index is -0.660. The molecule has 12 heavy (non-hydrogen) atoms. The summed E-state index contributed by atoms with van der Waals surface area (Å²) < 4.78 is 10.9. The zero-order chi connectivity index (χ0) is 8.44. The number of hydrogen-bond donors (Lipinski definition) is 1. The summed E-state index contributed by atoms with van der Waals surface area (Å²) in [7, 11) is 0. The molecular weight excluding hydrogens is 158 g/mol. The minimum absolute atomic E-state index is 0.610. The topological polar surface area (TPSA) is 51.1 Å². The zero-order valence-corrected chi connectivity index (χ0v) is 6.95. The summed E-state index contributed by atoms with van der Waals surface area (Å²) in [6, 6.07) is 0. The fourth-order valence-corrected chi connectivity index (χ4v) is 1.88. The highest BCUT2D eigenvalue weighted by atomic mass is 16.7. The van der Waals surface area contributed by atoms with Crippen molar-refractivity contribution in [2.45, 2.75) is 31.5 Å². The largest absolute Gasteiger partial charge is 0.411 e. The average Bonchev–Trinajstić information content (AvgIpc) is 2.55. The van der Waals surface area contributed by atoms with Gasteiger partial charge >= 0.3 is 0 Å². The van der Waals surface area contributed by atoms with E-state index in [0.29, 0.717) is 18.9 Å². The van der Waals surface area contributed by atoms with Crippen LogP contribution in [0.1, 0.15) is 25.7 Å². The summed E-state index contributed by atoms with van der Waals surface area (Å²) in [5.74, 6) is -0.660. The lowest BCUT2D eigenvalue weighted by Crippen LogP contribution is -2.42. The van der Waals surface area contributed by atoms with Gasteiger partial charge in [0.2, 0.25) is 5.79 Å². The van der Waals surface area contributed by atoms with Crippen LogP contribution in [0.15, 0.2) is 5.16 Å². The third-order valence-corrected chi connectivity index (χ3v) is 2.48. The first-order valence-corrected chi connectivity index (χ1v) is 4.37. The molecule has 1 aliphatic heterocycles. The quantitative estimate of drug-likeness (QED) is 0.439. The Hall–Kier alpha value is -0.610. The van der Waals surface area contributed by atoms with Gasteiger partial charge in [-0.25, -0.2) is 0 Å². The van der Waals surface area contributed by atoms with E-state index in [9.17, 15) is 0 Å². The molecule has 68 valence electrons. The normalized spacial score (nSPS) is 31.5. The molecule has 1 saturated carbocycles. The van der Waals surface area contributed by atoms with Gasteiger partial charge in [-0.15, -0.1) is 0 Å². The van der Waals surface area contributed by atoms with Gasteiger partial charge in [0, 0.05) is 6.42 Å². The first-order chi connectivity index (χ1) is 5.87. The smallest absolute Gasteiger partial charge is 0.211 e. The van der Waals surface area contributed by atoms with Crippen LogP contribution in [0.5, 0.6) is 0 Å². The van der Waals surface area contributed by atoms with Crippen molar-refractivity contribution < 1.29 is 14.7 Å². The standard InChI is InChI=1S/C8H13NO3/c10-9-7-3-1-2-4-8(7)11-5-6-12-8/h10H,1-6H2. The van der Waals surface area contributed by atoms with E-state index < -0.39 is 5.79 Å². The molecule has 1 spiro atoms. The van der Waals surface area contributed by atoms with Crippen molar-refractivity contribution in [3.63, 3.8) is 0 Å². The molecule has 0 amide bonds. The molecule has 0 aromatic rings. The molecular formula is C8H13NO3. The van der Waals surface area contributed by atoms with E-state index in [1.165, 1.54) is 0 Å². The molecule has 4 heteroatoms. The zero-order valence-electron chi connectivity index (χ0n) is 6.95. The Morgan fingerprint density at radius 1 is 1.25 bits per heavy atom. The van der Waals surface area contributed by atoms with E-state index >= 15 is 0 Å². The maximum atomic E-state index is 8.74. The van der Waals surface area contributed by atoms with Crippen molar-refractivity contribution in [2.24, 2.45) is 5.16 Å². The summed E-state index contributed by atoms with van der Waals surface area (Å²) in [5, 5.41) is 12.0. The number of nitrogens with zero attached hydrogens (tertiary/aromatic N) is 1. The van der Waals surface area contributed by atoms with Crippen LogP contribution in [-0.4, -0.2) is 29.9 Å². The van der Waals surface area contributed by atoms with Crippen LogP contribution < -0.4 is 0 Å². The van der Waals surface area contributed by atoms with E-state index in [1.807, 2.05) is 0 Å². The van der Waals surface area contributed by atoms with Gasteiger partial charge in [-0.1, -0.05) is 5.16 Å². The second-order valence-corrected chi connectivity index (χ2v) is 3.20. The molecule has 0 atom stereocenters. The van der Waals surface area contributed by atoms with E-state index in [4.69, 9.17) is 14.7 Å². The number of rotatable bonds is 0. The van der Waals surface area contributed by atoms with E-state index in [1.54, 1.807) is 0 Å². The summed E-state index contributed by atoms with van der Waals surface area (Å²) >= 11 is 0. The van der Waals surface area contributed by atoms with E-state index in [2.05, 4.69) is 5.16 Å². The lowest BCUT2D eigenvalue weighted by molar-refractivity contribution is -0.111. The Labute approximate surface area is 71.2 Å². The summed E-state index contributed by atoms with van der Waals surface area (Å²) in [6.07, 6.45) is 3.76. The van der Waals surface area contributed by atoms with Gasteiger partial charge in [0.25, 0.3) is 0 Å². The lowest BCUT2D eigenvalue weighted by Gasteiger charge is -2.31. The molecule has 1 heterocycles. The van der Waals surface area contributed by atoms with Crippen LogP contribution in [0.3, 0.4) is 0 Å². The molecule has 2 aliphatic rings. The molecule has 0 aromatic carbocycles. The molecule has 2 rings (SSSR count). The Bertz CT molecular complexity index is 196. The van der Waals surface area contributed by atoms with E-state index in [-0.39, 0.29) is 0 Å². The van der Waals surface area contributed by atoms with Gasteiger partial charge < -0.3 is 14.7 Å². The van der Waals surface area contributed by atoms with Crippen molar-refractivity contribution in [1.29, 1.82) is 0 Å². The molecule has 4 nitrogen and oxygen atoms in total. The van der Waals surface area contributed by atoms with E-state index in [0.717, 1.165) is 25.7 Å². The van der Waals surface area contributed by atoms with Crippen molar-refractivity contribution in [2.75, 3.05) is 13.2 Å². The predicted octanol–water partition coefficient (Wildman–Crippen LogP) is 1.13. The fourth-order valence-electron chi connectivity index (χ4n) is 1.88. The molecule has 1 N–H and O–H groups in total. The average molecular weight is 171 g/mol. The van der Waals surface area contributed by atoms with Crippen LogP contribution in [0.2, 0.25) is 0 Å². The fraction of sp³-hybridized carbons (Fsp3) is 0.875. The van der Waals surface area contributed by atoms with Gasteiger partial charge in [-0.2, -0.15) is 0 Å². The monoisotopic (exact) mass is 171 g/mol. The van der Waals surface area contributed by atoms with Crippen molar-refractivity contribution in [3.05, 3.63) is 0 Å². The van der Waals surface area contributed by atoms with Crippen LogP contribution in [0.4, 0.5) is 0 Å². The Morgan fingerprint density at radius 2 is 2.00 bits per heavy atom. The third-order valence-electron chi connectivity index (χ3n) is 2.48.